The zero-order valence-corrected chi connectivity index (χ0v) is 17.9. The van der Waals surface area contributed by atoms with Crippen LogP contribution >= 0.6 is 0 Å². The number of hydrogen-bond donors (Lipinski definition) is 3. The number of nitrogens with zero attached hydrogens (tertiary/aromatic N) is 3. The number of rotatable bonds is 4. The maximum atomic E-state index is 15.1. The van der Waals surface area contributed by atoms with Crippen LogP contribution < -0.4 is 10.6 Å². The summed E-state index contributed by atoms with van der Waals surface area (Å²) in [6, 6.07) is 8.97. The first-order valence-electron chi connectivity index (χ1n) is 10.6. The number of carbonyl (C=O) groups is 1. The molecule has 0 bridgehead atoms. The van der Waals surface area contributed by atoms with Gasteiger partial charge in [-0.25, -0.2) is 4.39 Å². The number of carbonyl (C=O) groups excluding carboxylic acids is 1. The minimum absolute atomic E-state index is 0.219. The molecule has 1 unspecified atom stereocenters. The molecule has 0 fully saturated rings. The molecule has 3 aromatic heterocycles. The number of pyridine rings is 2. The first kappa shape index (κ1) is 20.3. The van der Waals surface area contributed by atoms with Crippen molar-refractivity contribution in [2.45, 2.75) is 25.3 Å². The van der Waals surface area contributed by atoms with Crippen molar-refractivity contribution in [3.05, 3.63) is 65.4 Å². The number of halogens is 1. The van der Waals surface area contributed by atoms with Gasteiger partial charge in [-0.05, 0) is 61.7 Å². The molecule has 7 nitrogen and oxygen atoms in total. The lowest BCUT2D eigenvalue weighted by Gasteiger charge is -2.27. The van der Waals surface area contributed by atoms with Gasteiger partial charge in [0.15, 0.2) is 0 Å². The van der Waals surface area contributed by atoms with Crippen LogP contribution in [0.1, 0.15) is 40.5 Å². The Hall–Kier alpha value is -3.65. The molecule has 1 atom stereocenters. The van der Waals surface area contributed by atoms with Crippen molar-refractivity contribution in [2.75, 3.05) is 14.1 Å². The van der Waals surface area contributed by atoms with Crippen LogP contribution in [0.15, 0.2) is 42.7 Å². The molecule has 162 valence electrons. The third-order valence-corrected chi connectivity index (χ3v) is 6.14. The quantitative estimate of drug-likeness (QED) is 0.458. The fraction of sp³-hybridized carbons (Fsp3) is 0.250. The molecule has 3 heterocycles. The maximum absolute atomic E-state index is 15.1. The molecule has 1 aromatic carbocycles. The summed E-state index contributed by atoms with van der Waals surface area (Å²) in [5, 5.41) is 14.1. The predicted octanol–water partition coefficient (Wildman–Crippen LogP) is 3.78. The van der Waals surface area contributed by atoms with Crippen molar-refractivity contribution in [3.8, 4) is 22.5 Å². The van der Waals surface area contributed by atoms with Crippen molar-refractivity contribution >= 4 is 16.8 Å². The van der Waals surface area contributed by atoms with E-state index in [-0.39, 0.29) is 17.8 Å². The third-order valence-electron chi connectivity index (χ3n) is 6.14. The van der Waals surface area contributed by atoms with Gasteiger partial charge in [-0.15, -0.1) is 0 Å². The molecule has 0 saturated carbocycles. The molecule has 0 saturated heterocycles. The van der Waals surface area contributed by atoms with Gasteiger partial charge in [0.25, 0.3) is 5.91 Å². The van der Waals surface area contributed by atoms with E-state index in [2.05, 4.69) is 30.8 Å². The Morgan fingerprint density at radius 2 is 2.03 bits per heavy atom. The topological polar surface area (TPSA) is 95.6 Å². The van der Waals surface area contributed by atoms with E-state index in [1.165, 1.54) is 6.07 Å². The Labute approximate surface area is 184 Å². The summed E-state index contributed by atoms with van der Waals surface area (Å²) in [5.41, 5.74) is 5.81. The van der Waals surface area contributed by atoms with Gasteiger partial charge in [0.2, 0.25) is 0 Å². The van der Waals surface area contributed by atoms with Gasteiger partial charge in [-0.2, -0.15) is 5.10 Å². The summed E-state index contributed by atoms with van der Waals surface area (Å²) in [6.07, 6.45) is 6.15. The van der Waals surface area contributed by atoms with Crippen LogP contribution in [0.5, 0.6) is 0 Å². The smallest absolute Gasteiger partial charge is 0.269 e. The molecule has 1 amide bonds. The molecule has 0 spiro atoms. The van der Waals surface area contributed by atoms with Crippen LogP contribution in [0.4, 0.5) is 4.39 Å². The van der Waals surface area contributed by atoms with E-state index in [0.717, 1.165) is 46.9 Å². The second kappa shape index (κ2) is 8.12. The average molecular weight is 430 g/mol. The molecule has 3 N–H and O–H groups in total. The van der Waals surface area contributed by atoms with Gasteiger partial charge in [0.05, 0.1) is 17.4 Å². The normalized spacial score (nSPS) is 15.5. The summed E-state index contributed by atoms with van der Waals surface area (Å²) in [6.45, 7) is 0. The van der Waals surface area contributed by atoms with Crippen LogP contribution in [0.25, 0.3) is 33.4 Å². The van der Waals surface area contributed by atoms with Crippen LogP contribution in [0, 0.1) is 5.82 Å². The highest BCUT2D eigenvalue weighted by molar-refractivity contribution is 5.96. The Morgan fingerprint density at radius 3 is 2.78 bits per heavy atom. The predicted molar refractivity (Wildman–Crippen MR) is 121 cm³/mol. The lowest BCUT2D eigenvalue weighted by atomic mass is 9.83. The minimum atomic E-state index is -0.269. The second-order valence-electron chi connectivity index (χ2n) is 7.92. The standard InChI is InChI=1S/C24H23FN6O/c1-26-18-5-3-4-15-14(18)7-8-17(25)22(15)20-10-16-21(12-29-20)30-31-23(16)13-6-9-19(28-11-13)24(32)27-2/h6-12,18,26H,3-5H2,1-2H3,(H,27,32)(H,30,31). The van der Waals surface area contributed by atoms with Gasteiger partial charge < -0.3 is 10.6 Å². The Morgan fingerprint density at radius 1 is 1.16 bits per heavy atom. The first-order valence-corrected chi connectivity index (χ1v) is 10.6. The summed E-state index contributed by atoms with van der Waals surface area (Å²) >= 11 is 0. The van der Waals surface area contributed by atoms with E-state index in [9.17, 15) is 4.79 Å². The van der Waals surface area contributed by atoms with Gasteiger partial charge in [0, 0.05) is 35.8 Å². The number of amides is 1. The average Bonchev–Trinajstić information content (AvgIpc) is 3.26. The van der Waals surface area contributed by atoms with Crippen LogP contribution in [-0.2, 0) is 6.42 Å². The van der Waals surface area contributed by atoms with Crippen molar-refractivity contribution in [1.82, 2.24) is 30.8 Å². The summed E-state index contributed by atoms with van der Waals surface area (Å²) in [5.74, 6) is -0.520. The van der Waals surface area contributed by atoms with Crippen molar-refractivity contribution < 1.29 is 9.18 Å². The molecular formula is C24H23FN6O. The summed E-state index contributed by atoms with van der Waals surface area (Å²) < 4.78 is 15.1. The van der Waals surface area contributed by atoms with Crippen LogP contribution in [0.3, 0.4) is 0 Å². The Balaban J connectivity index is 1.62. The maximum Gasteiger partial charge on any atom is 0.269 e. The molecule has 1 aliphatic carbocycles. The van der Waals surface area contributed by atoms with Crippen molar-refractivity contribution in [1.29, 1.82) is 0 Å². The van der Waals surface area contributed by atoms with Gasteiger partial charge in [-0.3, -0.25) is 19.9 Å². The molecular weight excluding hydrogens is 407 g/mol. The third kappa shape index (κ3) is 3.33. The zero-order chi connectivity index (χ0) is 22.2. The van der Waals surface area contributed by atoms with E-state index in [4.69, 9.17) is 0 Å². The van der Waals surface area contributed by atoms with Gasteiger partial charge >= 0.3 is 0 Å². The second-order valence-corrected chi connectivity index (χ2v) is 7.92. The fourth-order valence-electron chi connectivity index (χ4n) is 4.52. The lowest BCUT2D eigenvalue weighted by Crippen LogP contribution is -2.22. The molecule has 0 radical (unpaired) electrons. The minimum Gasteiger partial charge on any atom is -0.354 e. The Bertz CT molecular complexity index is 1310. The molecule has 8 heteroatoms. The highest BCUT2D eigenvalue weighted by Crippen LogP contribution is 2.38. The SMILES string of the molecule is CNC(=O)c1ccc(-c2n[nH]c3cnc(-c4c(F)ccc5c4CCCC5NC)cc23)cn1. The van der Waals surface area contributed by atoms with Gasteiger partial charge in [0.1, 0.15) is 17.2 Å². The summed E-state index contributed by atoms with van der Waals surface area (Å²) in [4.78, 5) is 20.6. The number of aromatic amines is 1. The molecule has 4 aromatic rings. The lowest BCUT2D eigenvalue weighted by molar-refractivity contribution is 0.0958. The molecule has 32 heavy (non-hydrogen) atoms. The van der Waals surface area contributed by atoms with E-state index in [1.807, 2.05) is 19.2 Å². The summed E-state index contributed by atoms with van der Waals surface area (Å²) in [7, 11) is 3.50. The monoisotopic (exact) mass is 430 g/mol. The number of aromatic nitrogens is 4. The number of hydrogen-bond acceptors (Lipinski definition) is 5. The highest BCUT2D eigenvalue weighted by atomic mass is 19.1. The van der Waals surface area contributed by atoms with Crippen LogP contribution in [0.2, 0.25) is 0 Å². The number of nitrogens with one attached hydrogen (secondary N) is 3. The Kier molecular flexibility index (Phi) is 5.14. The zero-order valence-electron chi connectivity index (χ0n) is 17.9. The van der Waals surface area contributed by atoms with Gasteiger partial charge in [-0.1, -0.05) is 6.07 Å². The van der Waals surface area contributed by atoms with E-state index in [1.54, 1.807) is 31.6 Å². The van der Waals surface area contributed by atoms with E-state index in [0.29, 0.717) is 22.6 Å². The largest absolute Gasteiger partial charge is 0.354 e. The molecule has 5 rings (SSSR count). The molecule has 1 aliphatic rings. The van der Waals surface area contributed by atoms with E-state index >= 15 is 4.39 Å². The highest BCUT2D eigenvalue weighted by Gasteiger charge is 2.25. The number of H-pyrrole nitrogens is 1. The van der Waals surface area contributed by atoms with Crippen LogP contribution in [-0.4, -0.2) is 40.2 Å². The van der Waals surface area contributed by atoms with Crippen molar-refractivity contribution in [3.63, 3.8) is 0 Å². The van der Waals surface area contributed by atoms with Crippen molar-refractivity contribution in [2.24, 2.45) is 0 Å². The fourth-order valence-corrected chi connectivity index (χ4v) is 4.52. The molecule has 0 aliphatic heterocycles. The van der Waals surface area contributed by atoms with E-state index < -0.39 is 0 Å². The first-order chi connectivity index (χ1) is 15.6. The number of benzene rings is 1. The number of fused-ring (bicyclic) bond motifs is 2.